The lowest BCUT2D eigenvalue weighted by atomic mass is 10.0. The molecular formula is C22H31N5O2. The van der Waals surface area contributed by atoms with Crippen LogP contribution in [-0.4, -0.2) is 81.7 Å². The van der Waals surface area contributed by atoms with Gasteiger partial charge in [-0.15, -0.1) is 0 Å². The molecule has 0 aliphatic carbocycles. The number of hydrogen-bond acceptors (Lipinski definition) is 6. The SMILES string of the molecule is COc1ccc(C(CNC(=O)c2cccnc2N(C)C)N2CCN(C)CC2)cc1. The quantitative estimate of drug-likeness (QED) is 0.770. The highest BCUT2D eigenvalue weighted by Crippen LogP contribution is 2.24. The summed E-state index contributed by atoms with van der Waals surface area (Å²) < 4.78 is 5.30. The van der Waals surface area contributed by atoms with E-state index in [1.54, 1.807) is 19.4 Å². The van der Waals surface area contributed by atoms with Crippen LogP contribution < -0.4 is 15.0 Å². The van der Waals surface area contributed by atoms with Crippen LogP contribution in [0.3, 0.4) is 0 Å². The summed E-state index contributed by atoms with van der Waals surface area (Å²) in [6, 6.07) is 11.8. The number of carbonyl (C=O) groups excluding carboxylic acids is 1. The van der Waals surface area contributed by atoms with E-state index in [1.165, 1.54) is 5.56 Å². The van der Waals surface area contributed by atoms with Crippen LogP contribution in [-0.2, 0) is 0 Å². The number of hydrogen-bond donors (Lipinski definition) is 1. The molecule has 3 rings (SSSR count). The van der Waals surface area contributed by atoms with E-state index in [1.807, 2.05) is 37.2 Å². The van der Waals surface area contributed by atoms with Gasteiger partial charge in [-0.2, -0.15) is 0 Å². The van der Waals surface area contributed by atoms with Gasteiger partial charge in [0.25, 0.3) is 5.91 Å². The minimum absolute atomic E-state index is 0.102. The molecule has 1 aliphatic rings. The van der Waals surface area contributed by atoms with Crippen molar-refractivity contribution in [2.75, 3.05) is 65.9 Å². The summed E-state index contributed by atoms with van der Waals surface area (Å²) in [7, 11) is 7.60. The first kappa shape index (κ1) is 21.1. The van der Waals surface area contributed by atoms with Crippen molar-refractivity contribution in [2.45, 2.75) is 6.04 Å². The van der Waals surface area contributed by atoms with Gasteiger partial charge in [-0.3, -0.25) is 9.69 Å². The number of benzene rings is 1. The minimum Gasteiger partial charge on any atom is -0.497 e. The zero-order chi connectivity index (χ0) is 20.8. The van der Waals surface area contributed by atoms with Crippen LogP contribution in [0, 0.1) is 0 Å². The van der Waals surface area contributed by atoms with E-state index in [0.29, 0.717) is 17.9 Å². The molecule has 7 heteroatoms. The molecule has 7 nitrogen and oxygen atoms in total. The Bertz CT molecular complexity index is 801. The standard InChI is InChI=1S/C22H31N5O2/c1-25(2)21-19(6-5-11-23-21)22(28)24-16-20(27-14-12-26(3)13-15-27)17-7-9-18(29-4)10-8-17/h5-11,20H,12-16H2,1-4H3,(H,24,28). The number of amides is 1. The smallest absolute Gasteiger partial charge is 0.255 e. The van der Waals surface area contributed by atoms with Crippen molar-refractivity contribution in [1.29, 1.82) is 0 Å². The first-order valence-electron chi connectivity index (χ1n) is 9.96. The van der Waals surface area contributed by atoms with Crippen LogP contribution in [0.2, 0.25) is 0 Å². The Morgan fingerprint density at radius 3 is 2.48 bits per heavy atom. The van der Waals surface area contributed by atoms with E-state index in [-0.39, 0.29) is 11.9 Å². The molecule has 2 aromatic rings. The molecule has 1 amide bonds. The Morgan fingerprint density at radius 2 is 1.86 bits per heavy atom. The van der Waals surface area contributed by atoms with Crippen LogP contribution in [0.25, 0.3) is 0 Å². The van der Waals surface area contributed by atoms with Gasteiger partial charge in [0.2, 0.25) is 0 Å². The van der Waals surface area contributed by atoms with Crippen LogP contribution in [0.1, 0.15) is 22.0 Å². The molecule has 0 spiro atoms. The molecule has 0 bridgehead atoms. The molecule has 1 N–H and O–H groups in total. The molecule has 1 atom stereocenters. The van der Waals surface area contributed by atoms with E-state index >= 15 is 0 Å². The summed E-state index contributed by atoms with van der Waals surface area (Å²) in [4.78, 5) is 23.9. The van der Waals surface area contributed by atoms with Gasteiger partial charge in [0, 0.05) is 53.0 Å². The lowest BCUT2D eigenvalue weighted by Gasteiger charge is -2.38. The molecule has 1 saturated heterocycles. The number of piperazine rings is 1. The van der Waals surface area contributed by atoms with E-state index in [0.717, 1.165) is 31.9 Å². The van der Waals surface area contributed by atoms with Crippen molar-refractivity contribution in [3.8, 4) is 5.75 Å². The third-order valence-electron chi connectivity index (χ3n) is 5.39. The van der Waals surface area contributed by atoms with Gasteiger partial charge in [0.05, 0.1) is 18.7 Å². The molecule has 156 valence electrons. The number of rotatable bonds is 7. The summed E-state index contributed by atoms with van der Waals surface area (Å²) in [6.07, 6.45) is 1.70. The Labute approximate surface area is 173 Å². The third-order valence-corrected chi connectivity index (χ3v) is 5.39. The largest absolute Gasteiger partial charge is 0.497 e. The van der Waals surface area contributed by atoms with Crippen molar-refractivity contribution in [1.82, 2.24) is 20.1 Å². The summed E-state index contributed by atoms with van der Waals surface area (Å²) >= 11 is 0. The van der Waals surface area contributed by atoms with Crippen molar-refractivity contribution in [2.24, 2.45) is 0 Å². The Hall–Kier alpha value is -2.64. The fourth-order valence-electron chi connectivity index (χ4n) is 3.63. The second-order valence-corrected chi connectivity index (χ2v) is 7.61. The fraction of sp³-hybridized carbons (Fsp3) is 0.455. The van der Waals surface area contributed by atoms with Gasteiger partial charge in [0.1, 0.15) is 11.6 Å². The van der Waals surface area contributed by atoms with Crippen molar-refractivity contribution in [3.05, 3.63) is 53.7 Å². The molecule has 2 heterocycles. The van der Waals surface area contributed by atoms with Gasteiger partial charge in [0.15, 0.2) is 0 Å². The normalized spacial score (nSPS) is 16.3. The maximum atomic E-state index is 12.9. The molecule has 29 heavy (non-hydrogen) atoms. The monoisotopic (exact) mass is 397 g/mol. The lowest BCUT2D eigenvalue weighted by Crippen LogP contribution is -2.48. The second kappa shape index (κ2) is 9.71. The molecule has 1 fully saturated rings. The van der Waals surface area contributed by atoms with Gasteiger partial charge in [-0.1, -0.05) is 12.1 Å². The Kier molecular flexibility index (Phi) is 7.06. The number of likely N-dealkylation sites (N-methyl/N-ethyl adjacent to an activating group) is 1. The van der Waals surface area contributed by atoms with Crippen LogP contribution in [0.4, 0.5) is 5.82 Å². The first-order chi connectivity index (χ1) is 14.0. The number of ether oxygens (including phenoxy) is 1. The molecule has 1 aromatic carbocycles. The number of pyridine rings is 1. The minimum atomic E-state index is -0.102. The fourth-order valence-corrected chi connectivity index (χ4v) is 3.63. The van der Waals surface area contributed by atoms with Gasteiger partial charge >= 0.3 is 0 Å². The molecule has 1 aromatic heterocycles. The summed E-state index contributed by atoms with van der Waals surface area (Å²) in [6.45, 7) is 4.52. The van der Waals surface area contributed by atoms with Crippen LogP contribution in [0.5, 0.6) is 5.75 Å². The Balaban J connectivity index is 1.77. The zero-order valence-electron chi connectivity index (χ0n) is 17.8. The summed E-state index contributed by atoms with van der Waals surface area (Å²) in [5.74, 6) is 1.40. The summed E-state index contributed by atoms with van der Waals surface area (Å²) in [5.41, 5.74) is 1.76. The Morgan fingerprint density at radius 1 is 1.17 bits per heavy atom. The molecule has 0 radical (unpaired) electrons. The second-order valence-electron chi connectivity index (χ2n) is 7.61. The molecule has 1 unspecified atom stereocenters. The molecular weight excluding hydrogens is 366 g/mol. The third kappa shape index (κ3) is 5.25. The van der Waals surface area contributed by atoms with E-state index in [9.17, 15) is 4.79 Å². The number of nitrogens with one attached hydrogen (secondary N) is 1. The number of aromatic nitrogens is 1. The predicted molar refractivity (Wildman–Crippen MR) is 116 cm³/mol. The molecule has 1 aliphatic heterocycles. The summed E-state index contributed by atoms with van der Waals surface area (Å²) in [5, 5.41) is 3.14. The van der Waals surface area contributed by atoms with Gasteiger partial charge < -0.3 is 19.9 Å². The average Bonchev–Trinajstić information content (AvgIpc) is 2.75. The van der Waals surface area contributed by atoms with Crippen molar-refractivity contribution >= 4 is 11.7 Å². The van der Waals surface area contributed by atoms with E-state index in [2.05, 4.69) is 39.3 Å². The highest BCUT2D eigenvalue weighted by atomic mass is 16.5. The van der Waals surface area contributed by atoms with Crippen LogP contribution >= 0.6 is 0 Å². The maximum absolute atomic E-state index is 12.9. The van der Waals surface area contributed by atoms with E-state index < -0.39 is 0 Å². The van der Waals surface area contributed by atoms with Gasteiger partial charge in [-0.05, 0) is 36.9 Å². The number of carbonyl (C=O) groups is 1. The van der Waals surface area contributed by atoms with Crippen molar-refractivity contribution < 1.29 is 9.53 Å². The molecule has 0 saturated carbocycles. The highest BCUT2D eigenvalue weighted by Gasteiger charge is 2.25. The van der Waals surface area contributed by atoms with E-state index in [4.69, 9.17) is 4.74 Å². The highest BCUT2D eigenvalue weighted by molar-refractivity contribution is 5.98. The first-order valence-corrected chi connectivity index (χ1v) is 9.96. The maximum Gasteiger partial charge on any atom is 0.255 e. The van der Waals surface area contributed by atoms with Gasteiger partial charge in [-0.25, -0.2) is 4.98 Å². The number of nitrogens with zero attached hydrogens (tertiary/aromatic N) is 4. The van der Waals surface area contributed by atoms with Crippen LogP contribution in [0.15, 0.2) is 42.6 Å². The zero-order valence-corrected chi connectivity index (χ0v) is 17.8. The predicted octanol–water partition coefficient (Wildman–Crippen LogP) is 1.87. The number of anilines is 1. The number of methoxy groups -OCH3 is 1. The average molecular weight is 398 g/mol. The van der Waals surface area contributed by atoms with Crippen molar-refractivity contribution in [3.63, 3.8) is 0 Å². The lowest BCUT2D eigenvalue weighted by molar-refractivity contribution is 0.0886. The topological polar surface area (TPSA) is 60.9 Å².